The van der Waals surface area contributed by atoms with Crippen molar-refractivity contribution in [2.24, 2.45) is 0 Å². The number of hydrogen-bond acceptors (Lipinski definition) is 4. The van der Waals surface area contributed by atoms with E-state index in [0.717, 1.165) is 11.1 Å². The molecule has 0 saturated heterocycles. The van der Waals surface area contributed by atoms with Crippen LogP contribution in [0.3, 0.4) is 0 Å². The van der Waals surface area contributed by atoms with E-state index in [-0.39, 0.29) is 12.5 Å². The molecule has 0 bridgehead atoms. The molecule has 0 radical (unpaired) electrons. The lowest BCUT2D eigenvalue weighted by Crippen LogP contribution is -2.26. The van der Waals surface area contributed by atoms with E-state index in [2.05, 4.69) is 27.0 Å². The highest BCUT2D eigenvalue weighted by molar-refractivity contribution is 5.94. The molecule has 0 fully saturated rings. The maximum atomic E-state index is 12.4. The zero-order valence-corrected chi connectivity index (χ0v) is 11.9. The molecule has 1 aromatic heterocycles. The van der Waals surface area contributed by atoms with Gasteiger partial charge < -0.3 is 10.0 Å². The fourth-order valence-corrected chi connectivity index (χ4v) is 1.85. The van der Waals surface area contributed by atoms with Gasteiger partial charge in [-0.25, -0.2) is 4.98 Å². The molecule has 0 aliphatic heterocycles. The predicted octanol–water partition coefficient (Wildman–Crippen LogP) is 0.729. The van der Waals surface area contributed by atoms with Crippen molar-refractivity contribution in [1.82, 2.24) is 20.1 Å². The predicted molar refractivity (Wildman–Crippen MR) is 77.3 cm³/mol. The lowest BCUT2D eigenvalue weighted by atomic mass is 10.0. The van der Waals surface area contributed by atoms with Crippen LogP contribution in [0.5, 0.6) is 0 Å². The molecule has 1 heterocycles. The normalized spacial score (nSPS) is 9.86. The van der Waals surface area contributed by atoms with E-state index >= 15 is 0 Å². The number of nitrogens with zero attached hydrogens (tertiary/aromatic N) is 3. The van der Waals surface area contributed by atoms with Gasteiger partial charge in [0.1, 0.15) is 18.8 Å². The number of carbonyl (C=O) groups is 1. The Hall–Kier alpha value is -2.65. The lowest BCUT2D eigenvalue weighted by Gasteiger charge is -2.16. The third kappa shape index (κ3) is 3.68. The molecule has 21 heavy (non-hydrogen) atoms. The van der Waals surface area contributed by atoms with Crippen LogP contribution >= 0.6 is 0 Å². The Bertz CT molecular complexity index is 683. The first kappa shape index (κ1) is 14.8. The molecular weight excluding hydrogens is 268 g/mol. The van der Waals surface area contributed by atoms with Gasteiger partial charge in [-0.3, -0.25) is 9.89 Å². The quantitative estimate of drug-likeness (QED) is 0.814. The molecule has 108 valence electrons. The van der Waals surface area contributed by atoms with Gasteiger partial charge in [0.25, 0.3) is 5.91 Å². The van der Waals surface area contributed by atoms with Gasteiger partial charge >= 0.3 is 0 Å². The van der Waals surface area contributed by atoms with E-state index in [1.807, 2.05) is 13.0 Å². The van der Waals surface area contributed by atoms with Crippen molar-refractivity contribution >= 4 is 5.91 Å². The summed E-state index contributed by atoms with van der Waals surface area (Å²) in [6, 6.07) is 5.34. The summed E-state index contributed by atoms with van der Waals surface area (Å²) in [5.74, 6) is 5.93. The van der Waals surface area contributed by atoms with Crippen LogP contribution in [-0.4, -0.2) is 44.7 Å². The van der Waals surface area contributed by atoms with Gasteiger partial charge in [-0.15, -0.1) is 0 Å². The Morgan fingerprint density at radius 3 is 2.95 bits per heavy atom. The van der Waals surface area contributed by atoms with E-state index in [0.29, 0.717) is 17.9 Å². The molecule has 6 heteroatoms. The fourth-order valence-electron chi connectivity index (χ4n) is 1.85. The molecule has 6 nitrogen and oxygen atoms in total. The van der Waals surface area contributed by atoms with Crippen molar-refractivity contribution in [2.75, 3.05) is 13.7 Å². The summed E-state index contributed by atoms with van der Waals surface area (Å²) >= 11 is 0. The average Bonchev–Trinajstić information content (AvgIpc) is 2.98. The van der Waals surface area contributed by atoms with Gasteiger partial charge in [-0.05, 0) is 24.6 Å². The summed E-state index contributed by atoms with van der Waals surface area (Å²) in [4.78, 5) is 17.9. The number of carbonyl (C=O) groups excluding carboxylic acids is 1. The molecule has 0 spiro atoms. The molecule has 2 rings (SSSR count). The van der Waals surface area contributed by atoms with Crippen molar-refractivity contribution in [1.29, 1.82) is 0 Å². The largest absolute Gasteiger partial charge is 0.384 e. The van der Waals surface area contributed by atoms with Crippen molar-refractivity contribution in [3.05, 3.63) is 47.0 Å². The van der Waals surface area contributed by atoms with Crippen LogP contribution in [-0.2, 0) is 6.54 Å². The van der Waals surface area contributed by atoms with Crippen LogP contribution < -0.4 is 0 Å². The Kier molecular flexibility index (Phi) is 4.69. The summed E-state index contributed by atoms with van der Waals surface area (Å²) in [6.45, 7) is 2.06. The molecule has 0 unspecified atom stereocenters. The second-order valence-corrected chi connectivity index (χ2v) is 4.58. The van der Waals surface area contributed by atoms with Crippen molar-refractivity contribution in [2.45, 2.75) is 13.5 Å². The van der Waals surface area contributed by atoms with E-state index < -0.39 is 0 Å². The Labute approximate surface area is 122 Å². The minimum atomic E-state index is -0.205. The molecule has 0 aliphatic carbocycles. The Morgan fingerprint density at radius 2 is 2.29 bits per heavy atom. The summed E-state index contributed by atoms with van der Waals surface area (Å²) < 4.78 is 0. The monoisotopic (exact) mass is 284 g/mol. The summed E-state index contributed by atoms with van der Waals surface area (Å²) in [7, 11) is 1.70. The molecular formula is C15H16N4O2. The number of aliphatic hydroxyl groups is 1. The number of aromatic nitrogens is 3. The third-order valence-corrected chi connectivity index (χ3v) is 2.99. The lowest BCUT2D eigenvalue weighted by molar-refractivity contribution is 0.0781. The first-order valence-corrected chi connectivity index (χ1v) is 6.42. The second kappa shape index (κ2) is 6.68. The zero-order chi connectivity index (χ0) is 15.2. The molecule has 0 atom stereocenters. The SMILES string of the molecule is Cc1ccc(C(=O)N(C)Cc2ncn[nH]2)cc1C#CCO. The first-order valence-electron chi connectivity index (χ1n) is 6.42. The van der Waals surface area contributed by atoms with Crippen LogP contribution in [0.15, 0.2) is 24.5 Å². The number of benzene rings is 1. The summed E-state index contributed by atoms with van der Waals surface area (Å²) in [5.41, 5.74) is 2.25. The number of amides is 1. The van der Waals surface area contributed by atoms with Crippen LogP contribution in [0, 0.1) is 18.8 Å². The number of H-pyrrole nitrogens is 1. The first-order chi connectivity index (χ1) is 10.1. The zero-order valence-electron chi connectivity index (χ0n) is 11.9. The average molecular weight is 284 g/mol. The van der Waals surface area contributed by atoms with Crippen molar-refractivity contribution in [3.63, 3.8) is 0 Å². The third-order valence-electron chi connectivity index (χ3n) is 2.99. The number of aliphatic hydroxyl groups excluding tert-OH is 1. The van der Waals surface area contributed by atoms with Gasteiger partial charge in [-0.1, -0.05) is 17.9 Å². The van der Waals surface area contributed by atoms with Gasteiger partial charge in [0.05, 0.1) is 6.54 Å². The molecule has 1 amide bonds. The topological polar surface area (TPSA) is 82.1 Å². The van der Waals surface area contributed by atoms with E-state index in [1.165, 1.54) is 6.33 Å². The minimum Gasteiger partial charge on any atom is -0.384 e. The Morgan fingerprint density at radius 1 is 1.48 bits per heavy atom. The smallest absolute Gasteiger partial charge is 0.254 e. The molecule has 0 saturated carbocycles. The van der Waals surface area contributed by atoms with E-state index in [9.17, 15) is 4.79 Å². The van der Waals surface area contributed by atoms with Crippen LogP contribution in [0.2, 0.25) is 0 Å². The highest BCUT2D eigenvalue weighted by Crippen LogP contribution is 2.12. The standard InChI is InChI=1S/C15H16N4O2/c1-11-5-6-13(8-12(11)4-3-7-20)15(21)19(2)9-14-16-10-17-18-14/h5-6,8,10,20H,7,9H2,1-2H3,(H,16,17,18). The van der Waals surface area contributed by atoms with Gasteiger partial charge in [0, 0.05) is 18.2 Å². The fraction of sp³-hybridized carbons (Fsp3) is 0.267. The summed E-state index contributed by atoms with van der Waals surface area (Å²) in [5, 5.41) is 15.2. The van der Waals surface area contributed by atoms with Crippen molar-refractivity contribution in [3.8, 4) is 11.8 Å². The Balaban J connectivity index is 2.18. The highest BCUT2D eigenvalue weighted by Gasteiger charge is 2.14. The second-order valence-electron chi connectivity index (χ2n) is 4.58. The number of rotatable bonds is 3. The minimum absolute atomic E-state index is 0.126. The number of aromatic amines is 1. The van der Waals surface area contributed by atoms with Gasteiger partial charge in [0.2, 0.25) is 0 Å². The van der Waals surface area contributed by atoms with E-state index in [1.54, 1.807) is 24.1 Å². The number of aryl methyl sites for hydroxylation is 1. The van der Waals surface area contributed by atoms with Crippen LogP contribution in [0.1, 0.15) is 27.3 Å². The molecule has 1 aromatic carbocycles. The van der Waals surface area contributed by atoms with Crippen LogP contribution in [0.25, 0.3) is 0 Å². The van der Waals surface area contributed by atoms with Gasteiger partial charge in [0.15, 0.2) is 0 Å². The maximum absolute atomic E-state index is 12.4. The number of hydrogen-bond donors (Lipinski definition) is 2. The van der Waals surface area contributed by atoms with E-state index in [4.69, 9.17) is 5.11 Å². The highest BCUT2D eigenvalue weighted by atomic mass is 16.2. The molecule has 2 N–H and O–H groups in total. The maximum Gasteiger partial charge on any atom is 0.254 e. The molecule has 2 aromatic rings. The van der Waals surface area contributed by atoms with Crippen LogP contribution in [0.4, 0.5) is 0 Å². The van der Waals surface area contributed by atoms with Gasteiger partial charge in [-0.2, -0.15) is 5.10 Å². The number of nitrogens with one attached hydrogen (secondary N) is 1. The van der Waals surface area contributed by atoms with Crippen molar-refractivity contribution < 1.29 is 9.90 Å². The molecule has 0 aliphatic rings. The summed E-state index contributed by atoms with van der Waals surface area (Å²) in [6.07, 6.45) is 1.40.